The van der Waals surface area contributed by atoms with E-state index in [4.69, 9.17) is 4.74 Å². The van der Waals surface area contributed by atoms with Gasteiger partial charge in [-0.3, -0.25) is 19.6 Å². The molecule has 1 aromatic heterocycles. The van der Waals surface area contributed by atoms with Crippen molar-refractivity contribution in [2.45, 2.75) is 18.4 Å². The summed E-state index contributed by atoms with van der Waals surface area (Å²) in [5.41, 5.74) is -0.159. The molecule has 1 aliphatic rings. The van der Waals surface area contributed by atoms with Crippen molar-refractivity contribution in [1.82, 2.24) is 20.2 Å². The predicted octanol–water partition coefficient (Wildman–Crippen LogP) is 1.36. The van der Waals surface area contributed by atoms with Crippen LogP contribution in [0.3, 0.4) is 0 Å². The van der Waals surface area contributed by atoms with Crippen molar-refractivity contribution < 1.29 is 14.3 Å². The molecule has 130 valence electrons. The number of nitrogens with one attached hydrogen (secondary N) is 1. The van der Waals surface area contributed by atoms with Gasteiger partial charge in [0.05, 0.1) is 19.0 Å². The van der Waals surface area contributed by atoms with E-state index in [1.165, 1.54) is 6.20 Å². The van der Waals surface area contributed by atoms with E-state index < -0.39 is 5.54 Å². The fourth-order valence-corrected chi connectivity index (χ4v) is 3.32. The van der Waals surface area contributed by atoms with E-state index in [0.717, 1.165) is 0 Å². The van der Waals surface area contributed by atoms with Crippen molar-refractivity contribution in [2.75, 3.05) is 20.7 Å². The molecule has 2 heterocycles. The van der Waals surface area contributed by atoms with E-state index in [2.05, 4.69) is 15.3 Å². The number of rotatable bonds is 4. The van der Waals surface area contributed by atoms with E-state index in [1.54, 1.807) is 55.7 Å². The lowest BCUT2D eigenvalue weighted by atomic mass is 9.90. The van der Waals surface area contributed by atoms with Crippen LogP contribution in [0.4, 0.5) is 0 Å². The maximum Gasteiger partial charge on any atom is 0.255 e. The number of ether oxygens (including phenoxy) is 1. The highest BCUT2D eigenvalue weighted by molar-refractivity contribution is 6.00. The number of hydrogen-bond donors (Lipinski definition) is 1. The first-order chi connectivity index (χ1) is 12.1. The number of nitrogens with zero attached hydrogens (tertiary/aromatic N) is 3. The van der Waals surface area contributed by atoms with Gasteiger partial charge in [-0.25, -0.2) is 0 Å². The number of carbonyl (C=O) groups is 2. The molecule has 1 aliphatic heterocycles. The second kappa shape index (κ2) is 6.88. The lowest BCUT2D eigenvalue weighted by Crippen LogP contribution is -2.54. The molecular weight excluding hydrogens is 320 g/mol. The Kier molecular flexibility index (Phi) is 4.65. The van der Waals surface area contributed by atoms with E-state index in [9.17, 15) is 9.59 Å². The number of amides is 2. The third-order valence-electron chi connectivity index (χ3n) is 4.55. The molecule has 1 aromatic carbocycles. The minimum atomic E-state index is -1.14. The molecule has 0 aliphatic carbocycles. The summed E-state index contributed by atoms with van der Waals surface area (Å²) >= 11 is 0. The Labute approximate surface area is 146 Å². The average Bonchev–Trinajstić information content (AvgIpc) is 3.13. The van der Waals surface area contributed by atoms with Gasteiger partial charge in [-0.1, -0.05) is 0 Å². The van der Waals surface area contributed by atoms with Crippen LogP contribution in [0.15, 0.2) is 42.9 Å². The summed E-state index contributed by atoms with van der Waals surface area (Å²) in [7, 11) is 3.14. The van der Waals surface area contributed by atoms with Gasteiger partial charge in [-0.05, 0) is 37.1 Å². The van der Waals surface area contributed by atoms with Crippen LogP contribution in [0, 0.1) is 0 Å². The van der Waals surface area contributed by atoms with Gasteiger partial charge in [-0.2, -0.15) is 0 Å². The van der Waals surface area contributed by atoms with Gasteiger partial charge < -0.3 is 15.0 Å². The largest absolute Gasteiger partial charge is 0.497 e. The van der Waals surface area contributed by atoms with Crippen molar-refractivity contribution in [3.63, 3.8) is 0 Å². The third kappa shape index (κ3) is 2.82. The maximum atomic E-state index is 13.1. The zero-order valence-corrected chi connectivity index (χ0v) is 14.2. The molecule has 0 bridgehead atoms. The van der Waals surface area contributed by atoms with Crippen LogP contribution in [0.2, 0.25) is 0 Å². The van der Waals surface area contributed by atoms with Crippen molar-refractivity contribution in [2.24, 2.45) is 0 Å². The molecule has 1 saturated heterocycles. The van der Waals surface area contributed by atoms with Crippen LogP contribution in [0.1, 0.15) is 28.9 Å². The molecule has 0 spiro atoms. The Balaban J connectivity index is 2.03. The fourth-order valence-electron chi connectivity index (χ4n) is 3.32. The second-order valence-corrected chi connectivity index (χ2v) is 5.82. The Bertz CT molecular complexity index is 764. The smallest absolute Gasteiger partial charge is 0.255 e. The molecule has 1 unspecified atom stereocenters. The Morgan fingerprint density at radius 2 is 2.00 bits per heavy atom. The van der Waals surface area contributed by atoms with Gasteiger partial charge in [0.1, 0.15) is 5.75 Å². The van der Waals surface area contributed by atoms with E-state index in [-0.39, 0.29) is 11.8 Å². The Morgan fingerprint density at radius 1 is 1.24 bits per heavy atom. The molecule has 1 N–H and O–H groups in total. The van der Waals surface area contributed by atoms with Crippen LogP contribution in [0.5, 0.6) is 5.75 Å². The maximum absolute atomic E-state index is 13.1. The SMILES string of the molecule is CNC(=O)C1(c2cnccn2)CCCN1C(=O)c1ccc(OC)cc1. The van der Waals surface area contributed by atoms with Crippen LogP contribution in [-0.2, 0) is 10.3 Å². The summed E-state index contributed by atoms with van der Waals surface area (Å²) in [6, 6.07) is 6.86. The molecule has 1 atom stereocenters. The first kappa shape index (κ1) is 16.9. The first-order valence-corrected chi connectivity index (χ1v) is 8.08. The molecule has 1 fully saturated rings. The van der Waals surface area contributed by atoms with Crippen LogP contribution in [0.25, 0.3) is 0 Å². The zero-order chi connectivity index (χ0) is 17.9. The molecule has 0 radical (unpaired) electrons. The summed E-state index contributed by atoms with van der Waals surface area (Å²) in [5, 5.41) is 2.68. The van der Waals surface area contributed by atoms with Crippen molar-refractivity contribution in [1.29, 1.82) is 0 Å². The molecule has 3 rings (SSSR count). The molecule has 7 heteroatoms. The third-order valence-corrected chi connectivity index (χ3v) is 4.55. The highest BCUT2D eigenvalue weighted by atomic mass is 16.5. The fraction of sp³-hybridized carbons (Fsp3) is 0.333. The zero-order valence-electron chi connectivity index (χ0n) is 14.2. The Hall–Kier alpha value is -2.96. The van der Waals surface area contributed by atoms with Gasteiger partial charge in [0.15, 0.2) is 5.54 Å². The molecular formula is C18H20N4O3. The summed E-state index contributed by atoms with van der Waals surface area (Å²) in [6.07, 6.45) is 5.86. The number of likely N-dealkylation sites (tertiary alicyclic amines) is 1. The highest BCUT2D eigenvalue weighted by Crippen LogP contribution is 2.39. The van der Waals surface area contributed by atoms with Gasteiger partial charge in [0, 0.05) is 31.5 Å². The molecule has 7 nitrogen and oxygen atoms in total. The van der Waals surface area contributed by atoms with Gasteiger partial charge in [-0.15, -0.1) is 0 Å². The summed E-state index contributed by atoms with van der Waals surface area (Å²) in [6.45, 7) is 0.481. The molecule has 25 heavy (non-hydrogen) atoms. The van der Waals surface area contributed by atoms with Crippen molar-refractivity contribution in [3.05, 3.63) is 54.1 Å². The van der Waals surface area contributed by atoms with Crippen molar-refractivity contribution >= 4 is 11.8 Å². The highest BCUT2D eigenvalue weighted by Gasteiger charge is 2.52. The minimum Gasteiger partial charge on any atom is -0.497 e. The molecule has 2 amide bonds. The standard InChI is InChI=1S/C18H20N4O3/c1-19-17(24)18(15-12-20-9-10-21-15)8-3-11-22(18)16(23)13-4-6-14(25-2)7-5-13/h4-7,9-10,12H,3,8,11H2,1-2H3,(H,19,24). The molecule has 2 aromatic rings. The number of benzene rings is 1. The number of likely N-dealkylation sites (N-methyl/N-ethyl adjacent to an activating group) is 1. The van der Waals surface area contributed by atoms with E-state index in [0.29, 0.717) is 36.4 Å². The number of carbonyl (C=O) groups excluding carboxylic acids is 2. The van der Waals surface area contributed by atoms with Gasteiger partial charge >= 0.3 is 0 Å². The summed E-state index contributed by atoms with van der Waals surface area (Å²) < 4.78 is 5.13. The van der Waals surface area contributed by atoms with Crippen LogP contribution < -0.4 is 10.1 Å². The van der Waals surface area contributed by atoms with Crippen molar-refractivity contribution in [3.8, 4) is 5.75 Å². The van der Waals surface area contributed by atoms with E-state index >= 15 is 0 Å². The topological polar surface area (TPSA) is 84.4 Å². The first-order valence-electron chi connectivity index (χ1n) is 8.08. The predicted molar refractivity (Wildman–Crippen MR) is 91.0 cm³/mol. The lowest BCUT2D eigenvalue weighted by molar-refractivity contribution is -0.131. The normalized spacial score (nSPS) is 19.5. The summed E-state index contributed by atoms with van der Waals surface area (Å²) in [5.74, 6) is 0.200. The van der Waals surface area contributed by atoms with E-state index in [1.807, 2.05) is 0 Å². The monoisotopic (exact) mass is 340 g/mol. The van der Waals surface area contributed by atoms with Gasteiger partial charge in [0.25, 0.3) is 11.8 Å². The van der Waals surface area contributed by atoms with Gasteiger partial charge in [0.2, 0.25) is 0 Å². The number of hydrogen-bond acceptors (Lipinski definition) is 5. The Morgan fingerprint density at radius 3 is 2.60 bits per heavy atom. The number of aromatic nitrogens is 2. The number of methoxy groups -OCH3 is 1. The van der Waals surface area contributed by atoms with Crippen LogP contribution in [-0.4, -0.2) is 47.4 Å². The lowest BCUT2D eigenvalue weighted by Gasteiger charge is -2.36. The quantitative estimate of drug-likeness (QED) is 0.908. The minimum absolute atomic E-state index is 0.214. The second-order valence-electron chi connectivity index (χ2n) is 5.82. The van der Waals surface area contributed by atoms with Crippen LogP contribution >= 0.6 is 0 Å². The summed E-state index contributed by atoms with van der Waals surface area (Å²) in [4.78, 5) is 35.9. The molecule has 0 saturated carbocycles. The average molecular weight is 340 g/mol.